The molecule has 1 heterocycles. The second-order valence-corrected chi connectivity index (χ2v) is 16.3. The zero-order valence-corrected chi connectivity index (χ0v) is 33.2. The highest BCUT2D eigenvalue weighted by molar-refractivity contribution is 6.11. The molecule has 0 amide bonds. The number of hydrogen-bond acceptors (Lipinski definition) is 0. The number of benzene rings is 9. The van der Waals surface area contributed by atoms with Gasteiger partial charge in [-0.25, -0.2) is 0 Å². The summed E-state index contributed by atoms with van der Waals surface area (Å²) < 4.78 is 2.44. The minimum absolute atomic E-state index is 0.131. The van der Waals surface area contributed by atoms with E-state index in [0.29, 0.717) is 0 Å². The van der Waals surface area contributed by atoms with E-state index in [2.05, 4.69) is 235 Å². The Balaban J connectivity index is 1.18. The minimum Gasteiger partial charge on any atom is -0.309 e. The summed E-state index contributed by atoms with van der Waals surface area (Å²) in [5.41, 5.74) is 17.1. The predicted molar refractivity (Wildman–Crippen MR) is 253 cm³/mol. The number of para-hydroxylation sites is 1. The van der Waals surface area contributed by atoms with Crippen LogP contribution >= 0.6 is 0 Å². The van der Waals surface area contributed by atoms with Crippen molar-refractivity contribution in [3.05, 3.63) is 247 Å². The molecule has 2 atom stereocenters. The molecular weight excluding hydrogens is 723 g/mol. The molecule has 10 aromatic rings. The van der Waals surface area contributed by atoms with Crippen LogP contribution in [0.25, 0.3) is 82.8 Å². The van der Waals surface area contributed by atoms with Gasteiger partial charge < -0.3 is 4.57 Å². The average Bonchev–Trinajstić information content (AvgIpc) is 3.66. The van der Waals surface area contributed by atoms with Crippen LogP contribution in [0.4, 0.5) is 0 Å². The van der Waals surface area contributed by atoms with Gasteiger partial charge in [0.25, 0.3) is 0 Å². The van der Waals surface area contributed by atoms with Crippen LogP contribution in [0.1, 0.15) is 23.1 Å². The molecule has 2 bridgehead atoms. The maximum atomic E-state index is 2.48. The molecule has 12 rings (SSSR count). The molecule has 60 heavy (non-hydrogen) atoms. The summed E-state index contributed by atoms with van der Waals surface area (Å²) in [4.78, 5) is 0. The van der Waals surface area contributed by atoms with E-state index in [1.165, 1.54) is 99.5 Å². The van der Waals surface area contributed by atoms with E-state index in [4.69, 9.17) is 0 Å². The average molecular weight is 764 g/mol. The first kappa shape index (κ1) is 34.6. The predicted octanol–water partition coefficient (Wildman–Crippen LogP) is 15.4. The molecule has 0 saturated heterocycles. The Bertz CT molecular complexity index is 3360. The lowest BCUT2D eigenvalue weighted by Crippen LogP contribution is -2.39. The molecule has 1 nitrogen and oxygen atoms in total. The zero-order chi connectivity index (χ0) is 39.6. The van der Waals surface area contributed by atoms with Gasteiger partial charge in [0.05, 0.1) is 16.4 Å². The first-order chi connectivity index (χ1) is 29.8. The van der Waals surface area contributed by atoms with Gasteiger partial charge in [-0.15, -0.1) is 0 Å². The van der Waals surface area contributed by atoms with Crippen molar-refractivity contribution in [3.63, 3.8) is 0 Å². The van der Waals surface area contributed by atoms with Gasteiger partial charge >= 0.3 is 0 Å². The van der Waals surface area contributed by atoms with Crippen molar-refractivity contribution in [2.45, 2.75) is 11.8 Å². The van der Waals surface area contributed by atoms with Crippen LogP contribution < -0.4 is 0 Å². The van der Waals surface area contributed by atoms with E-state index in [1.54, 1.807) is 0 Å². The summed E-state index contributed by atoms with van der Waals surface area (Å²) in [6.45, 7) is 0. The summed E-state index contributed by atoms with van der Waals surface area (Å²) in [7, 11) is 0. The van der Waals surface area contributed by atoms with Crippen molar-refractivity contribution in [1.82, 2.24) is 4.57 Å². The van der Waals surface area contributed by atoms with Gasteiger partial charge in [-0.2, -0.15) is 0 Å². The van der Waals surface area contributed by atoms with Gasteiger partial charge in [0.1, 0.15) is 0 Å². The Hall–Kier alpha value is -7.48. The van der Waals surface area contributed by atoms with E-state index in [-0.39, 0.29) is 5.92 Å². The second kappa shape index (κ2) is 13.8. The number of fused-ring (bicyclic) bond motifs is 10. The van der Waals surface area contributed by atoms with Gasteiger partial charge in [0.2, 0.25) is 0 Å². The fourth-order valence-corrected chi connectivity index (χ4v) is 10.8. The zero-order valence-electron chi connectivity index (χ0n) is 33.2. The van der Waals surface area contributed by atoms with Gasteiger partial charge in [0.15, 0.2) is 0 Å². The fourth-order valence-electron chi connectivity index (χ4n) is 10.8. The van der Waals surface area contributed by atoms with Crippen molar-refractivity contribution in [2.24, 2.45) is 5.92 Å². The molecule has 2 unspecified atom stereocenters. The number of hydrogen-bond donors (Lipinski definition) is 0. The van der Waals surface area contributed by atoms with Crippen LogP contribution in [0.5, 0.6) is 0 Å². The molecule has 2 aliphatic rings. The molecule has 1 heteroatoms. The van der Waals surface area contributed by atoms with Crippen LogP contribution in [0, 0.1) is 5.92 Å². The van der Waals surface area contributed by atoms with Gasteiger partial charge in [-0.05, 0) is 115 Å². The van der Waals surface area contributed by atoms with Gasteiger partial charge in [0, 0.05) is 16.5 Å². The lowest BCUT2D eigenvalue weighted by molar-refractivity contribution is 0.451. The summed E-state index contributed by atoms with van der Waals surface area (Å²) in [5, 5.41) is 4.99. The van der Waals surface area contributed by atoms with E-state index < -0.39 is 5.41 Å². The van der Waals surface area contributed by atoms with Crippen LogP contribution in [0.2, 0.25) is 0 Å². The SMILES string of the molecule is C1=CCC(C2(c3ccccc3-c3ccc4c(c3)c3ccccc3n4-c3ccc4ccccc4c3)c3ccccc3-c3ccccc3-c3cccc2c3-c2ccccc2)C=C1. The summed E-state index contributed by atoms with van der Waals surface area (Å²) in [6, 6.07) is 77.2. The van der Waals surface area contributed by atoms with Crippen LogP contribution in [0.15, 0.2) is 231 Å². The molecule has 282 valence electrons. The highest BCUT2D eigenvalue weighted by atomic mass is 15.0. The van der Waals surface area contributed by atoms with E-state index in [1.807, 2.05) is 0 Å². The molecule has 0 spiro atoms. The third kappa shape index (κ3) is 5.12. The molecule has 2 aliphatic carbocycles. The maximum Gasteiger partial charge on any atom is 0.0541 e. The van der Waals surface area contributed by atoms with E-state index >= 15 is 0 Å². The molecule has 0 saturated carbocycles. The maximum absolute atomic E-state index is 2.48. The molecule has 0 aliphatic heterocycles. The van der Waals surface area contributed by atoms with Crippen molar-refractivity contribution in [1.29, 1.82) is 0 Å². The first-order valence-electron chi connectivity index (χ1n) is 21.1. The van der Waals surface area contributed by atoms with E-state index in [9.17, 15) is 0 Å². The smallest absolute Gasteiger partial charge is 0.0541 e. The Kier molecular flexibility index (Phi) is 7.96. The third-order valence-electron chi connectivity index (χ3n) is 13.3. The second-order valence-electron chi connectivity index (χ2n) is 16.3. The number of aromatic nitrogens is 1. The normalized spacial score (nSPS) is 16.7. The van der Waals surface area contributed by atoms with Gasteiger partial charge in [-0.3, -0.25) is 0 Å². The number of allylic oxidation sites excluding steroid dienone is 4. The molecule has 9 aromatic carbocycles. The van der Waals surface area contributed by atoms with E-state index in [0.717, 1.165) is 6.42 Å². The van der Waals surface area contributed by atoms with Crippen LogP contribution in [0.3, 0.4) is 0 Å². The minimum atomic E-state index is -0.572. The Morgan fingerprint density at radius 2 is 1.03 bits per heavy atom. The topological polar surface area (TPSA) is 4.93 Å². The lowest BCUT2D eigenvalue weighted by Gasteiger charge is -2.46. The Morgan fingerprint density at radius 3 is 1.85 bits per heavy atom. The van der Waals surface area contributed by atoms with Crippen molar-refractivity contribution < 1.29 is 0 Å². The summed E-state index contributed by atoms with van der Waals surface area (Å²) in [6.07, 6.45) is 10.2. The van der Waals surface area contributed by atoms with Gasteiger partial charge in [-0.1, -0.05) is 200 Å². The number of nitrogens with zero attached hydrogens (tertiary/aromatic N) is 1. The largest absolute Gasteiger partial charge is 0.309 e. The Morgan fingerprint density at radius 1 is 0.400 bits per heavy atom. The highest BCUT2D eigenvalue weighted by Gasteiger charge is 2.48. The van der Waals surface area contributed by atoms with Crippen LogP contribution in [-0.2, 0) is 5.41 Å². The molecule has 0 radical (unpaired) electrons. The first-order valence-corrected chi connectivity index (χ1v) is 21.1. The van der Waals surface area contributed by atoms with Crippen molar-refractivity contribution in [2.75, 3.05) is 0 Å². The lowest BCUT2D eigenvalue weighted by atomic mass is 9.55. The quantitative estimate of drug-likeness (QED) is 0.165. The fraction of sp³-hybridized carbons (Fsp3) is 0.0508. The molecular formula is C59H41N. The van der Waals surface area contributed by atoms with Crippen molar-refractivity contribution in [3.8, 4) is 50.2 Å². The van der Waals surface area contributed by atoms with Crippen molar-refractivity contribution >= 4 is 32.6 Å². The molecule has 0 N–H and O–H groups in total. The van der Waals surface area contributed by atoms with Crippen LogP contribution in [-0.4, -0.2) is 4.57 Å². The highest BCUT2D eigenvalue weighted by Crippen LogP contribution is 2.59. The molecule has 0 fully saturated rings. The molecule has 1 aromatic heterocycles. The standard InChI is InChI=1S/C59H41N/c1-3-19-41(20-4-1)58-51-29-17-32-55(58)59(44-22-5-2-6-23-44,54-31-15-12-27-49(54)47-25-9-10-26-48(47)51)53-30-14-11-24-46(53)43-35-37-57-52(39-43)50-28-13-16-33-56(50)60(57)45-36-34-40-18-7-8-21-42(40)38-45/h1-22,24-39,44H,23H2. The number of rotatable bonds is 5. The monoisotopic (exact) mass is 763 g/mol. The summed E-state index contributed by atoms with van der Waals surface area (Å²) in [5.74, 6) is 0.131. The Labute approximate surface area is 350 Å². The summed E-state index contributed by atoms with van der Waals surface area (Å²) >= 11 is 0. The third-order valence-corrected chi connectivity index (χ3v) is 13.3.